The molecule has 0 saturated heterocycles. The Morgan fingerprint density at radius 2 is 0.929 bits per heavy atom. The Morgan fingerprint density at radius 3 is 1.16 bits per heavy atom. The van der Waals surface area contributed by atoms with Gasteiger partial charge in [0, 0.05) is 11.8 Å². The van der Waals surface area contributed by atoms with Crippen LogP contribution in [0.4, 0.5) is 4.79 Å². The third kappa shape index (κ3) is 13.0. The molecule has 0 amide bonds. The maximum atomic E-state index is 13.3. The van der Waals surface area contributed by atoms with Crippen LogP contribution in [0.25, 0.3) is 0 Å². The molecule has 0 spiro atoms. The first kappa shape index (κ1) is 53.9. The molecule has 0 fully saturated rings. The van der Waals surface area contributed by atoms with E-state index in [1.165, 1.54) is 13.8 Å². The number of benzene rings is 4. The van der Waals surface area contributed by atoms with Crippen molar-refractivity contribution in [3.63, 3.8) is 0 Å². The number of methoxy groups -OCH3 is 2. The minimum Gasteiger partial charge on any atom is -0.652 e. The van der Waals surface area contributed by atoms with E-state index in [-0.39, 0.29) is 113 Å². The summed E-state index contributed by atoms with van der Waals surface area (Å²) in [7, 11) is -4.57. The van der Waals surface area contributed by atoms with Crippen molar-refractivity contribution in [3.05, 3.63) is 119 Å². The van der Waals surface area contributed by atoms with Crippen LogP contribution in [-0.2, 0) is 19.7 Å². The molecule has 0 aromatic heterocycles. The van der Waals surface area contributed by atoms with E-state index in [9.17, 15) is 27.4 Å². The number of hydrogen-bond acceptors (Lipinski definition) is 11. The number of rotatable bonds is 12. The molecule has 4 aromatic rings. The second-order valence-corrected chi connectivity index (χ2v) is 17.4. The van der Waals surface area contributed by atoms with Crippen LogP contribution in [0.3, 0.4) is 0 Å². The Bertz CT molecular complexity index is 2030. The summed E-state index contributed by atoms with van der Waals surface area (Å²) >= 11 is 0. The first-order valence-corrected chi connectivity index (χ1v) is 19.9. The SMILES string of the molecule is CCC(c1cccc(OC)c1)C(C)(C#N)S(=O)(=O)c1ccc(C)cc1.CCC(c1cccc(OC)c1)C(C)(C#N)S(=O)(=O)c1ccc(C)cc1.O=C([O-])[O-].[K+].[K+]. The predicted molar refractivity (Wildman–Crippen MR) is 202 cm³/mol. The van der Waals surface area contributed by atoms with E-state index in [2.05, 4.69) is 12.1 Å². The number of nitrogens with zero attached hydrogens (tertiary/aromatic N) is 2. The van der Waals surface area contributed by atoms with E-state index in [1.54, 1.807) is 87.0 Å². The van der Waals surface area contributed by atoms with Crippen molar-refractivity contribution in [2.45, 2.75) is 85.5 Å². The molecule has 4 unspecified atom stereocenters. The zero-order valence-corrected chi connectivity index (χ0v) is 41.6. The fourth-order valence-electron chi connectivity index (χ4n) is 6.18. The third-order valence-electron chi connectivity index (χ3n) is 9.36. The van der Waals surface area contributed by atoms with Gasteiger partial charge in [0.25, 0.3) is 0 Å². The van der Waals surface area contributed by atoms with Crippen LogP contribution in [0.2, 0.25) is 0 Å². The molecular formula is C41H46K2N2O9S2. The molecule has 0 bridgehead atoms. The molecule has 11 nitrogen and oxygen atoms in total. The van der Waals surface area contributed by atoms with Crippen LogP contribution in [0.1, 0.15) is 74.6 Å². The van der Waals surface area contributed by atoms with Crippen molar-refractivity contribution < 1.29 is 144 Å². The molecule has 0 N–H and O–H groups in total. The molecular weight excluding hydrogens is 807 g/mol. The number of sulfone groups is 2. The molecule has 4 rings (SSSR count). The standard InChI is InChI=1S/2C20H23NO3S.CH2O3.2K/c2*1-5-19(16-7-6-8-17(13-16)24-4)20(3,14-21)25(22,23)18-11-9-15(2)10-12-18;2-1(3)4;;/h2*6-13,19H,5H2,1-4H3;(H2,2,3,4);;/q;;;2*+1/p-2. The number of carboxylic acid groups (broad SMARTS) is 2. The minimum atomic E-state index is -3.85. The van der Waals surface area contributed by atoms with E-state index in [0.717, 1.165) is 22.3 Å². The molecule has 0 aliphatic rings. The molecule has 56 heavy (non-hydrogen) atoms. The van der Waals surface area contributed by atoms with Crippen LogP contribution in [0, 0.1) is 36.5 Å². The third-order valence-corrected chi connectivity index (χ3v) is 14.1. The van der Waals surface area contributed by atoms with E-state index in [0.29, 0.717) is 24.3 Å². The van der Waals surface area contributed by atoms with E-state index < -0.39 is 47.2 Å². The summed E-state index contributed by atoms with van der Waals surface area (Å²) in [5.74, 6) is 0.339. The molecule has 0 aliphatic heterocycles. The monoisotopic (exact) mass is 852 g/mol. The molecule has 288 valence electrons. The van der Waals surface area contributed by atoms with Crippen molar-refractivity contribution in [2.75, 3.05) is 14.2 Å². The summed E-state index contributed by atoms with van der Waals surface area (Å²) in [4.78, 5) is 8.67. The summed E-state index contributed by atoms with van der Waals surface area (Å²) in [5, 5.41) is 36.4. The maximum Gasteiger partial charge on any atom is 1.00 e. The van der Waals surface area contributed by atoms with Gasteiger partial charge in [0.2, 0.25) is 0 Å². The topological polar surface area (TPSA) is 198 Å². The number of hydrogen-bond donors (Lipinski definition) is 0. The summed E-state index contributed by atoms with van der Waals surface area (Å²) < 4.78 is 60.4. The van der Waals surface area contributed by atoms with Gasteiger partial charge in [-0.1, -0.05) is 73.5 Å². The van der Waals surface area contributed by atoms with Crippen LogP contribution in [0.15, 0.2) is 107 Å². The van der Waals surface area contributed by atoms with Crippen molar-refractivity contribution in [2.24, 2.45) is 0 Å². The largest absolute Gasteiger partial charge is 1.00 e. The van der Waals surface area contributed by atoms with E-state index in [4.69, 9.17) is 24.5 Å². The Kier molecular flexibility index (Phi) is 23.2. The summed E-state index contributed by atoms with van der Waals surface area (Å²) in [6.45, 7) is 10.6. The second-order valence-electron chi connectivity index (χ2n) is 12.8. The van der Waals surface area contributed by atoms with Gasteiger partial charge in [-0.25, -0.2) is 16.8 Å². The van der Waals surface area contributed by atoms with Gasteiger partial charge in [0.15, 0.2) is 29.2 Å². The molecule has 0 aliphatic carbocycles. The van der Waals surface area contributed by atoms with Gasteiger partial charge < -0.3 is 24.5 Å². The van der Waals surface area contributed by atoms with Crippen molar-refractivity contribution in [1.29, 1.82) is 10.5 Å². The Morgan fingerprint density at radius 1 is 0.643 bits per heavy atom. The molecule has 4 atom stereocenters. The summed E-state index contributed by atoms with van der Waals surface area (Å²) in [5.41, 5.74) is 3.50. The van der Waals surface area contributed by atoms with Gasteiger partial charge in [-0.3, -0.25) is 0 Å². The molecule has 0 radical (unpaired) electrons. The van der Waals surface area contributed by atoms with Crippen molar-refractivity contribution in [1.82, 2.24) is 0 Å². The number of nitriles is 2. The van der Waals surface area contributed by atoms with Crippen molar-refractivity contribution >= 4 is 25.8 Å². The smallest absolute Gasteiger partial charge is 0.652 e. The maximum absolute atomic E-state index is 13.3. The van der Waals surface area contributed by atoms with Gasteiger partial charge >= 0.3 is 103 Å². The van der Waals surface area contributed by atoms with E-state index in [1.807, 2.05) is 52.0 Å². The Balaban J connectivity index is 0.000000954. The predicted octanol–water partition coefficient (Wildman–Crippen LogP) is 0.0678. The fourth-order valence-corrected chi connectivity index (χ4v) is 9.74. The molecule has 0 heterocycles. The average Bonchev–Trinajstić information content (AvgIpc) is 3.15. The van der Waals surface area contributed by atoms with Gasteiger partial charge in [0.1, 0.15) is 11.5 Å². The molecule has 0 saturated carbocycles. The van der Waals surface area contributed by atoms with Gasteiger partial charge in [-0.15, -0.1) is 0 Å². The average molecular weight is 853 g/mol. The van der Waals surface area contributed by atoms with Crippen molar-refractivity contribution in [3.8, 4) is 23.6 Å². The van der Waals surface area contributed by atoms with Crippen LogP contribution < -0.4 is 122 Å². The zero-order chi connectivity index (χ0) is 40.9. The number of carbonyl (C=O) groups excluding carboxylic acids is 1. The summed E-state index contributed by atoms with van der Waals surface area (Å²) in [6.07, 6.45) is -1.30. The summed E-state index contributed by atoms with van der Waals surface area (Å²) in [6, 6.07) is 32.0. The minimum absolute atomic E-state index is 0. The Labute approximate surface area is 417 Å². The van der Waals surface area contributed by atoms with Gasteiger partial charge in [-0.2, -0.15) is 10.5 Å². The number of ether oxygens (including phenoxy) is 2. The molecule has 15 heteroatoms. The van der Waals surface area contributed by atoms with Gasteiger partial charge in [0.05, 0.1) is 36.1 Å². The quantitative estimate of drug-likeness (QED) is 0.175. The first-order chi connectivity index (χ1) is 25.3. The first-order valence-electron chi connectivity index (χ1n) is 16.9. The van der Waals surface area contributed by atoms with E-state index >= 15 is 0 Å². The van der Waals surface area contributed by atoms with Crippen LogP contribution in [0.5, 0.6) is 11.5 Å². The van der Waals surface area contributed by atoms with Crippen LogP contribution in [-0.4, -0.2) is 46.7 Å². The fraction of sp³-hybridized carbons (Fsp3) is 0.341. The normalized spacial score (nSPS) is 13.8. The zero-order valence-electron chi connectivity index (χ0n) is 33.7. The number of carbonyl (C=O) groups is 1. The Hall–Kier alpha value is -2.10. The van der Waals surface area contributed by atoms with Gasteiger partial charge in [-0.05, 0) is 106 Å². The molecule has 4 aromatic carbocycles. The van der Waals surface area contributed by atoms with Crippen LogP contribution >= 0.6 is 0 Å². The number of aryl methyl sites for hydroxylation is 2. The second kappa shape index (κ2) is 24.1.